The van der Waals surface area contributed by atoms with Crippen LogP contribution in [0.25, 0.3) is 0 Å². The zero-order chi connectivity index (χ0) is 19.5. The zero-order valence-corrected chi connectivity index (χ0v) is 15.7. The normalized spacial score (nSPS) is 13.3. The third kappa shape index (κ3) is 3.63. The molecule has 0 unspecified atom stereocenters. The molecule has 144 valence electrons. The van der Waals surface area contributed by atoms with E-state index in [1.807, 2.05) is 18.2 Å². The lowest BCUT2D eigenvalue weighted by atomic mass is 10.1. The summed E-state index contributed by atoms with van der Waals surface area (Å²) in [6, 6.07) is 14.5. The van der Waals surface area contributed by atoms with Crippen molar-refractivity contribution in [3.63, 3.8) is 0 Å². The van der Waals surface area contributed by atoms with Gasteiger partial charge in [-0.25, -0.2) is 9.37 Å². The summed E-state index contributed by atoms with van der Waals surface area (Å²) < 4.78 is 24.9. The highest BCUT2D eigenvalue weighted by atomic mass is 19.1. The van der Waals surface area contributed by atoms with E-state index in [0.29, 0.717) is 31.8 Å². The Balaban J connectivity index is 1.47. The highest BCUT2D eigenvalue weighted by Gasteiger charge is 2.28. The number of oxazole rings is 1. The summed E-state index contributed by atoms with van der Waals surface area (Å²) in [6.07, 6.45) is 2.16. The average molecular weight is 380 g/mol. The smallest absolute Gasteiger partial charge is 0.258 e. The van der Waals surface area contributed by atoms with Gasteiger partial charge in [-0.3, -0.25) is 4.79 Å². The molecule has 1 aliphatic rings. The van der Waals surface area contributed by atoms with Gasteiger partial charge in [0.2, 0.25) is 0 Å². The van der Waals surface area contributed by atoms with Gasteiger partial charge in [-0.05, 0) is 24.1 Å². The van der Waals surface area contributed by atoms with Crippen LogP contribution < -0.4 is 4.74 Å². The maximum atomic E-state index is 13.9. The number of aryl methyl sites for hydroxylation is 2. The minimum Gasteiger partial charge on any atom is -0.493 e. The molecule has 1 aliphatic heterocycles. The van der Waals surface area contributed by atoms with E-state index in [0.717, 1.165) is 17.9 Å². The first kappa shape index (κ1) is 18.2. The van der Waals surface area contributed by atoms with Gasteiger partial charge in [0.05, 0.1) is 19.2 Å². The summed E-state index contributed by atoms with van der Waals surface area (Å²) in [6.45, 7) is 0.849. The molecule has 5 nitrogen and oxygen atoms in total. The van der Waals surface area contributed by atoms with Crippen molar-refractivity contribution in [2.24, 2.45) is 0 Å². The van der Waals surface area contributed by atoms with Crippen LogP contribution in [0.1, 0.15) is 33.3 Å². The maximum Gasteiger partial charge on any atom is 0.258 e. The van der Waals surface area contributed by atoms with E-state index < -0.39 is 5.82 Å². The quantitative estimate of drug-likeness (QED) is 0.676. The first-order chi connectivity index (χ1) is 13.7. The lowest BCUT2D eigenvalue weighted by Gasteiger charge is -2.26. The van der Waals surface area contributed by atoms with Gasteiger partial charge in [0, 0.05) is 19.4 Å². The zero-order valence-electron chi connectivity index (χ0n) is 15.7. The SMILES string of the molecule is COc1c(F)cccc1C(=O)N1CCc2oc(CCc3ccccc3)nc2C1. The number of nitrogens with zero attached hydrogens (tertiary/aromatic N) is 2. The van der Waals surface area contributed by atoms with E-state index in [2.05, 4.69) is 17.1 Å². The number of hydrogen-bond acceptors (Lipinski definition) is 4. The molecule has 2 heterocycles. The molecule has 3 aromatic rings. The molecule has 0 spiro atoms. The molecule has 0 atom stereocenters. The molecular formula is C22H21FN2O3. The summed E-state index contributed by atoms with van der Waals surface area (Å²) in [4.78, 5) is 19.1. The average Bonchev–Trinajstić information content (AvgIpc) is 3.14. The van der Waals surface area contributed by atoms with Crippen LogP contribution >= 0.6 is 0 Å². The number of ether oxygens (including phenoxy) is 1. The number of benzene rings is 2. The van der Waals surface area contributed by atoms with Crippen molar-refractivity contribution >= 4 is 5.91 Å². The second-order valence-electron chi connectivity index (χ2n) is 6.76. The van der Waals surface area contributed by atoms with Crippen LogP contribution in [0.2, 0.25) is 0 Å². The Labute approximate surface area is 162 Å². The predicted molar refractivity (Wildman–Crippen MR) is 102 cm³/mol. The highest BCUT2D eigenvalue weighted by molar-refractivity contribution is 5.97. The first-order valence-corrected chi connectivity index (χ1v) is 9.29. The van der Waals surface area contributed by atoms with Crippen LogP contribution in [-0.2, 0) is 25.8 Å². The van der Waals surface area contributed by atoms with E-state index >= 15 is 0 Å². The fraction of sp³-hybridized carbons (Fsp3) is 0.273. The Morgan fingerprint density at radius 3 is 2.79 bits per heavy atom. The second kappa shape index (κ2) is 7.84. The van der Waals surface area contributed by atoms with Gasteiger partial charge < -0.3 is 14.1 Å². The summed E-state index contributed by atoms with van der Waals surface area (Å²) in [5.74, 6) is 0.679. The van der Waals surface area contributed by atoms with Crippen molar-refractivity contribution in [2.45, 2.75) is 25.8 Å². The molecule has 0 radical (unpaired) electrons. The van der Waals surface area contributed by atoms with Crippen LogP contribution in [0.3, 0.4) is 0 Å². The lowest BCUT2D eigenvalue weighted by molar-refractivity contribution is 0.0723. The topological polar surface area (TPSA) is 55.6 Å². The molecular weight excluding hydrogens is 359 g/mol. The van der Waals surface area contributed by atoms with Crippen LogP contribution in [0, 0.1) is 5.82 Å². The van der Waals surface area contributed by atoms with Gasteiger partial charge in [0.25, 0.3) is 5.91 Å². The molecule has 0 N–H and O–H groups in total. The third-order valence-corrected chi connectivity index (χ3v) is 4.93. The van der Waals surface area contributed by atoms with Crippen LogP contribution in [-0.4, -0.2) is 29.4 Å². The number of para-hydroxylation sites is 1. The van der Waals surface area contributed by atoms with Gasteiger partial charge in [-0.2, -0.15) is 0 Å². The van der Waals surface area contributed by atoms with Crippen molar-refractivity contribution < 1.29 is 18.3 Å². The largest absolute Gasteiger partial charge is 0.493 e. The number of rotatable bonds is 5. The summed E-state index contributed by atoms with van der Waals surface area (Å²) in [5, 5.41) is 0. The predicted octanol–water partition coefficient (Wildman–Crippen LogP) is 3.81. The van der Waals surface area contributed by atoms with Crippen molar-refractivity contribution in [1.82, 2.24) is 9.88 Å². The summed E-state index contributed by atoms with van der Waals surface area (Å²) in [7, 11) is 1.36. The lowest BCUT2D eigenvalue weighted by Crippen LogP contribution is -2.36. The van der Waals surface area contributed by atoms with Gasteiger partial charge in [-0.1, -0.05) is 36.4 Å². The molecule has 1 amide bonds. The van der Waals surface area contributed by atoms with Crippen LogP contribution in [0.4, 0.5) is 4.39 Å². The molecule has 0 bridgehead atoms. The van der Waals surface area contributed by atoms with Crippen molar-refractivity contribution in [1.29, 1.82) is 0 Å². The van der Waals surface area contributed by atoms with Gasteiger partial charge >= 0.3 is 0 Å². The molecule has 28 heavy (non-hydrogen) atoms. The molecule has 0 saturated heterocycles. The summed E-state index contributed by atoms with van der Waals surface area (Å²) in [5.41, 5.74) is 2.23. The van der Waals surface area contributed by atoms with Crippen molar-refractivity contribution in [3.8, 4) is 5.75 Å². The van der Waals surface area contributed by atoms with Gasteiger partial charge in [0.15, 0.2) is 17.5 Å². The minimum absolute atomic E-state index is 0.0259. The van der Waals surface area contributed by atoms with E-state index in [-0.39, 0.29) is 17.2 Å². The molecule has 4 rings (SSSR count). The molecule has 6 heteroatoms. The third-order valence-electron chi connectivity index (χ3n) is 4.93. The Morgan fingerprint density at radius 1 is 1.18 bits per heavy atom. The number of carbonyl (C=O) groups is 1. The molecule has 2 aromatic carbocycles. The Bertz CT molecular complexity index is 985. The van der Waals surface area contributed by atoms with Gasteiger partial charge in [-0.15, -0.1) is 0 Å². The summed E-state index contributed by atoms with van der Waals surface area (Å²) >= 11 is 0. The molecule has 0 aliphatic carbocycles. The number of amides is 1. The second-order valence-corrected chi connectivity index (χ2v) is 6.76. The fourth-order valence-electron chi connectivity index (χ4n) is 3.48. The van der Waals surface area contributed by atoms with Crippen molar-refractivity contribution in [2.75, 3.05) is 13.7 Å². The minimum atomic E-state index is -0.546. The highest BCUT2D eigenvalue weighted by Crippen LogP contribution is 2.27. The van der Waals surface area contributed by atoms with Crippen LogP contribution in [0.15, 0.2) is 52.9 Å². The number of fused-ring (bicyclic) bond motifs is 1. The Kier molecular flexibility index (Phi) is 5.10. The van der Waals surface area contributed by atoms with E-state index in [1.54, 1.807) is 11.0 Å². The maximum absolute atomic E-state index is 13.9. The monoisotopic (exact) mass is 380 g/mol. The number of halogens is 1. The molecule has 1 aromatic heterocycles. The van der Waals surface area contributed by atoms with E-state index in [1.165, 1.54) is 24.8 Å². The first-order valence-electron chi connectivity index (χ1n) is 9.29. The molecule has 0 fully saturated rings. The van der Waals surface area contributed by atoms with Crippen LogP contribution in [0.5, 0.6) is 5.75 Å². The van der Waals surface area contributed by atoms with Crippen molar-refractivity contribution in [3.05, 3.63) is 82.8 Å². The standard InChI is InChI=1S/C22H21FN2O3/c1-27-21-16(8-5-9-17(21)23)22(26)25-13-12-19-18(14-25)24-20(28-19)11-10-15-6-3-2-4-7-15/h2-9H,10-14H2,1H3. The fourth-order valence-corrected chi connectivity index (χ4v) is 3.48. The number of aromatic nitrogens is 1. The number of carbonyl (C=O) groups excluding carboxylic acids is 1. The number of methoxy groups -OCH3 is 1. The van der Waals surface area contributed by atoms with Gasteiger partial charge in [0.1, 0.15) is 11.5 Å². The van der Waals surface area contributed by atoms with E-state index in [4.69, 9.17) is 9.15 Å². The van der Waals surface area contributed by atoms with E-state index in [9.17, 15) is 9.18 Å². The molecule has 0 saturated carbocycles. The number of hydrogen-bond donors (Lipinski definition) is 0. The Hall–Kier alpha value is -3.15. The Morgan fingerprint density at radius 2 is 2.00 bits per heavy atom.